The van der Waals surface area contributed by atoms with E-state index in [1.54, 1.807) is 0 Å². The summed E-state index contributed by atoms with van der Waals surface area (Å²) >= 11 is 0. The van der Waals surface area contributed by atoms with Gasteiger partial charge in [-0.1, -0.05) is 143 Å². The lowest BCUT2D eigenvalue weighted by Gasteiger charge is -2.21. The smallest absolute Gasteiger partial charge is 0.306 e. The van der Waals surface area contributed by atoms with E-state index in [1.165, 1.54) is 109 Å². The second-order valence-electron chi connectivity index (χ2n) is 13.8. The zero-order chi connectivity index (χ0) is 33.8. The zero-order valence-electron chi connectivity index (χ0n) is 31.1. The van der Waals surface area contributed by atoms with Gasteiger partial charge >= 0.3 is 11.9 Å². The minimum absolute atomic E-state index is 0.00262. The van der Waals surface area contributed by atoms with Crippen molar-refractivity contribution in [3.05, 3.63) is 0 Å². The van der Waals surface area contributed by atoms with Crippen molar-refractivity contribution in [3.63, 3.8) is 0 Å². The van der Waals surface area contributed by atoms with Crippen LogP contribution in [-0.4, -0.2) is 60.9 Å². The first-order chi connectivity index (χ1) is 22.6. The predicted octanol–water partition coefficient (Wildman–Crippen LogP) is 11.1. The summed E-state index contributed by atoms with van der Waals surface area (Å²) in [6.45, 7) is 9.82. The highest BCUT2D eigenvalue weighted by Gasteiger charge is 2.14. The van der Waals surface area contributed by atoms with Crippen LogP contribution in [0.3, 0.4) is 0 Å². The van der Waals surface area contributed by atoms with Gasteiger partial charge in [-0.2, -0.15) is 0 Å². The Bertz CT molecular complexity index is 643. The summed E-state index contributed by atoms with van der Waals surface area (Å²) in [5.74, 6) is -0.0727. The number of esters is 2. The molecule has 0 saturated heterocycles. The molecule has 0 aromatic heterocycles. The molecule has 0 fully saturated rings. The first kappa shape index (κ1) is 44.9. The number of hydrogen-bond donors (Lipinski definition) is 1. The average molecular weight is 654 g/mol. The molecule has 46 heavy (non-hydrogen) atoms. The highest BCUT2D eigenvalue weighted by atomic mass is 16.5. The molecule has 0 radical (unpaired) electrons. The van der Waals surface area contributed by atoms with E-state index in [4.69, 9.17) is 9.47 Å². The number of hydrogen-bond acceptors (Lipinski definition) is 6. The van der Waals surface area contributed by atoms with Crippen molar-refractivity contribution in [3.8, 4) is 0 Å². The lowest BCUT2D eigenvalue weighted by atomic mass is 10.0. The molecule has 1 N–H and O–H groups in total. The standard InChI is InChI=1S/C40H79NO5/c1-4-7-10-13-15-16-20-25-31-39(43)45-37-28-34-41(35-36-42)33-27-22-17-21-26-32-40(44)46-38(29-23-18-12-9-6-3)30-24-19-14-11-8-5-2/h38,42H,4-37H2,1-3H3. The third kappa shape index (κ3) is 32.8. The van der Waals surface area contributed by atoms with Crippen molar-refractivity contribution >= 4 is 11.9 Å². The second kappa shape index (κ2) is 36.7. The zero-order valence-corrected chi connectivity index (χ0v) is 31.1. The number of unbranched alkanes of at least 4 members (excludes halogenated alkanes) is 20. The van der Waals surface area contributed by atoms with Gasteiger partial charge in [0.1, 0.15) is 6.10 Å². The van der Waals surface area contributed by atoms with Crippen molar-refractivity contribution in [1.82, 2.24) is 4.90 Å². The van der Waals surface area contributed by atoms with Gasteiger partial charge in [-0.05, 0) is 57.9 Å². The quantitative estimate of drug-likeness (QED) is 0.0531. The fraction of sp³-hybridized carbons (Fsp3) is 0.950. The molecule has 1 atom stereocenters. The van der Waals surface area contributed by atoms with E-state index in [9.17, 15) is 14.7 Å². The van der Waals surface area contributed by atoms with E-state index in [2.05, 4.69) is 25.7 Å². The van der Waals surface area contributed by atoms with Crippen LogP contribution < -0.4 is 0 Å². The highest BCUT2D eigenvalue weighted by Crippen LogP contribution is 2.18. The molecule has 0 aromatic rings. The summed E-state index contributed by atoms with van der Waals surface area (Å²) in [4.78, 5) is 26.9. The Kier molecular flexibility index (Phi) is 35.8. The summed E-state index contributed by atoms with van der Waals surface area (Å²) in [7, 11) is 0. The average Bonchev–Trinajstić information content (AvgIpc) is 3.05. The van der Waals surface area contributed by atoms with Gasteiger partial charge in [0.2, 0.25) is 0 Å². The summed E-state index contributed by atoms with van der Waals surface area (Å²) in [5, 5.41) is 9.47. The number of carbonyl (C=O) groups excluding carboxylic acids is 2. The van der Waals surface area contributed by atoms with E-state index in [-0.39, 0.29) is 24.6 Å². The fourth-order valence-electron chi connectivity index (χ4n) is 6.20. The topological polar surface area (TPSA) is 76.1 Å². The molecule has 0 aliphatic heterocycles. The Labute approximate surface area is 286 Å². The molecule has 6 heteroatoms. The van der Waals surface area contributed by atoms with E-state index in [0.29, 0.717) is 26.0 Å². The van der Waals surface area contributed by atoms with E-state index < -0.39 is 0 Å². The van der Waals surface area contributed by atoms with Crippen LogP contribution in [0.25, 0.3) is 0 Å². The molecule has 0 amide bonds. The Balaban J connectivity index is 3.99. The first-order valence-corrected chi connectivity index (χ1v) is 20.3. The number of nitrogens with zero attached hydrogens (tertiary/aromatic N) is 1. The molecule has 0 bridgehead atoms. The molecule has 0 saturated carbocycles. The van der Waals surface area contributed by atoms with Crippen LogP contribution in [0, 0.1) is 0 Å². The first-order valence-electron chi connectivity index (χ1n) is 20.3. The number of carbonyl (C=O) groups is 2. The van der Waals surface area contributed by atoms with Gasteiger partial charge in [0.25, 0.3) is 0 Å². The van der Waals surface area contributed by atoms with E-state index >= 15 is 0 Å². The maximum atomic E-state index is 12.6. The molecule has 0 aliphatic rings. The van der Waals surface area contributed by atoms with Crippen LogP contribution in [-0.2, 0) is 19.1 Å². The molecular formula is C40H79NO5. The Hall–Kier alpha value is -1.14. The van der Waals surface area contributed by atoms with Gasteiger partial charge < -0.3 is 19.5 Å². The Morgan fingerprint density at radius 3 is 1.41 bits per heavy atom. The van der Waals surface area contributed by atoms with Crippen molar-refractivity contribution in [1.29, 1.82) is 0 Å². The van der Waals surface area contributed by atoms with Gasteiger partial charge in [-0.25, -0.2) is 0 Å². The minimum Gasteiger partial charge on any atom is -0.466 e. The van der Waals surface area contributed by atoms with E-state index in [1.807, 2.05) is 0 Å². The SMILES string of the molecule is CCCCCCCCCCC(=O)OCCCN(CCO)CCCCCCCC(=O)OC(CCCCCCC)CCCCCCCC. The predicted molar refractivity (Wildman–Crippen MR) is 195 cm³/mol. The summed E-state index contributed by atoms with van der Waals surface area (Å²) < 4.78 is 11.4. The van der Waals surface area contributed by atoms with Crippen LogP contribution >= 0.6 is 0 Å². The molecule has 274 valence electrons. The number of aliphatic hydroxyl groups is 1. The Morgan fingerprint density at radius 2 is 0.913 bits per heavy atom. The monoisotopic (exact) mass is 654 g/mol. The number of aliphatic hydroxyl groups excluding tert-OH is 1. The van der Waals surface area contributed by atoms with Crippen molar-refractivity contribution in [2.24, 2.45) is 0 Å². The maximum absolute atomic E-state index is 12.6. The van der Waals surface area contributed by atoms with Crippen molar-refractivity contribution < 1.29 is 24.2 Å². The molecule has 0 aromatic carbocycles. The molecule has 0 rings (SSSR count). The summed E-state index contributed by atoms with van der Waals surface area (Å²) in [5.41, 5.74) is 0. The van der Waals surface area contributed by atoms with Gasteiger partial charge in [-0.15, -0.1) is 0 Å². The molecule has 6 nitrogen and oxygen atoms in total. The molecule has 0 heterocycles. The molecule has 0 spiro atoms. The lowest BCUT2D eigenvalue weighted by Crippen LogP contribution is -2.30. The number of rotatable bonds is 37. The fourth-order valence-corrected chi connectivity index (χ4v) is 6.20. The minimum atomic E-state index is -0.0701. The maximum Gasteiger partial charge on any atom is 0.306 e. The van der Waals surface area contributed by atoms with Gasteiger partial charge in [0.15, 0.2) is 0 Å². The molecule has 0 aliphatic carbocycles. The molecule has 1 unspecified atom stereocenters. The third-order valence-corrected chi connectivity index (χ3v) is 9.20. The normalized spacial score (nSPS) is 12.1. The van der Waals surface area contributed by atoms with Gasteiger partial charge in [0.05, 0.1) is 13.2 Å². The summed E-state index contributed by atoms with van der Waals surface area (Å²) in [6.07, 6.45) is 33.1. The summed E-state index contributed by atoms with van der Waals surface area (Å²) in [6, 6.07) is 0. The van der Waals surface area contributed by atoms with Crippen molar-refractivity contribution in [2.45, 2.75) is 213 Å². The molecular weight excluding hydrogens is 574 g/mol. The van der Waals surface area contributed by atoms with Crippen LogP contribution in [0.2, 0.25) is 0 Å². The largest absolute Gasteiger partial charge is 0.466 e. The number of ether oxygens (including phenoxy) is 2. The van der Waals surface area contributed by atoms with Crippen LogP contribution in [0.4, 0.5) is 0 Å². The van der Waals surface area contributed by atoms with Gasteiger partial charge in [0, 0.05) is 25.9 Å². The third-order valence-electron chi connectivity index (χ3n) is 9.20. The lowest BCUT2D eigenvalue weighted by molar-refractivity contribution is -0.150. The van der Waals surface area contributed by atoms with Crippen LogP contribution in [0.1, 0.15) is 207 Å². The van der Waals surface area contributed by atoms with Gasteiger partial charge in [-0.3, -0.25) is 9.59 Å². The highest BCUT2D eigenvalue weighted by molar-refractivity contribution is 5.69. The van der Waals surface area contributed by atoms with Crippen LogP contribution in [0.15, 0.2) is 0 Å². The van der Waals surface area contributed by atoms with E-state index in [0.717, 1.165) is 77.3 Å². The van der Waals surface area contributed by atoms with Crippen LogP contribution in [0.5, 0.6) is 0 Å². The van der Waals surface area contributed by atoms with Crippen molar-refractivity contribution in [2.75, 3.05) is 32.8 Å². The second-order valence-corrected chi connectivity index (χ2v) is 13.8. The Morgan fingerprint density at radius 1 is 0.500 bits per heavy atom.